The third-order valence-corrected chi connectivity index (χ3v) is 5.64. The molecule has 0 aliphatic carbocycles. The van der Waals surface area contributed by atoms with Gasteiger partial charge in [0.1, 0.15) is 0 Å². The topological polar surface area (TPSA) is 73.6 Å². The van der Waals surface area contributed by atoms with Gasteiger partial charge >= 0.3 is 6.80 Å². The van der Waals surface area contributed by atoms with Crippen LogP contribution >= 0.6 is 18.2 Å². The SMILES string of the molecule is CCOP(=O)(OCC)SCCNCCCN. The van der Waals surface area contributed by atoms with Crippen molar-refractivity contribution < 1.29 is 13.6 Å². The number of nitrogens with two attached hydrogens (primary N) is 1. The van der Waals surface area contributed by atoms with E-state index in [-0.39, 0.29) is 0 Å². The molecule has 0 saturated heterocycles. The highest BCUT2D eigenvalue weighted by Crippen LogP contribution is 2.60. The maximum Gasteiger partial charge on any atom is 0.389 e. The highest BCUT2D eigenvalue weighted by molar-refractivity contribution is 8.55. The summed E-state index contributed by atoms with van der Waals surface area (Å²) in [5.41, 5.74) is 5.36. The zero-order valence-electron chi connectivity index (χ0n) is 10.1. The van der Waals surface area contributed by atoms with Crippen LogP contribution in [0.15, 0.2) is 0 Å². The Balaban J connectivity index is 3.64. The summed E-state index contributed by atoms with van der Waals surface area (Å²) in [6, 6.07) is 0. The Morgan fingerprint density at radius 2 is 1.88 bits per heavy atom. The van der Waals surface area contributed by atoms with Gasteiger partial charge < -0.3 is 20.1 Å². The van der Waals surface area contributed by atoms with E-state index in [0.717, 1.165) is 19.5 Å². The summed E-state index contributed by atoms with van der Waals surface area (Å²) < 4.78 is 22.3. The summed E-state index contributed by atoms with van der Waals surface area (Å²) in [7, 11) is 0. The van der Waals surface area contributed by atoms with E-state index in [0.29, 0.717) is 25.5 Å². The molecule has 0 aromatic heterocycles. The predicted octanol–water partition coefficient (Wildman–Crippen LogP) is 1.84. The normalized spacial score (nSPS) is 11.9. The molecule has 16 heavy (non-hydrogen) atoms. The Morgan fingerprint density at radius 1 is 1.25 bits per heavy atom. The second-order valence-corrected chi connectivity index (χ2v) is 7.20. The molecule has 0 fully saturated rings. The second-order valence-electron chi connectivity index (χ2n) is 3.01. The molecule has 0 rings (SSSR count). The summed E-state index contributed by atoms with van der Waals surface area (Å²) in [4.78, 5) is 0. The smallest absolute Gasteiger partial charge is 0.330 e. The zero-order chi connectivity index (χ0) is 12.3. The molecule has 0 aromatic carbocycles. The molecule has 0 spiro atoms. The van der Waals surface area contributed by atoms with Crippen molar-refractivity contribution in [1.29, 1.82) is 0 Å². The monoisotopic (exact) mass is 270 g/mol. The highest BCUT2D eigenvalue weighted by atomic mass is 32.7. The molecule has 0 bridgehead atoms. The fourth-order valence-corrected chi connectivity index (χ4v) is 4.35. The van der Waals surface area contributed by atoms with E-state index in [1.807, 2.05) is 13.8 Å². The van der Waals surface area contributed by atoms with Gasteiger partial charge in [0, 0.05) is 12.3 Å². The Labute approximate surface area is 102 Å². The quantitative estimate of drug-likeness (QED) is 0.441. The molecule has 0 aliphatic rings. The van der Waals surface area contributed by atoms with Crippen LogP contribution in [0.3, 0.4) is 0 Å². The molecule has 5 nitrogen and oxygen atoms in total. The van der Waals surface area contributed by atoms with Gasteiger partial charge in [-0.05, 0) is 44.7 Å². The van der Waals surface area contributed by atoms with Crippen LogP contribution in [0, 0.1) is 0 Å². The molecule has 0 radical (unpaired) electrons. The van der Waals surface area contributed by atoms with E-state index in [1.165, 1.54) is 11.4 Å². The lowest BCUT2D eigenvalue weighted by atomic mass is 10.4. The molecule has 0 aliphatic heterocycles. The molecule has 0 saturated carbocycles. The minimum Gasteiger partial charge on any atom is -0.330 e. The second kappa shape index (κ2) is 10.6. The zero-order valence-corrected chi connectivity index (χ0v) is 11.8. The number of hydrogen-bond donors (Lipinski definition) is 2. The predicted molar refractivity (Wildman–Crippen MR) is 69.9 cm³/mol. The third-order valence-electron chi connectivity index (χ3n) is 1.66. The minimum atomic E-state index is -2.92. The standard InChI is InChI=1S/C9H23N2O3PS/c1-3-13-15(12,14-4-2)16-9-8-11-7-5-6-10/h11H,3-10H2,1-2H3. The molecule has 98 valence electrons. The fraction of sp³-hybridized carbons (Fsp3) is 1.00. The van der Waals surface area contributed by atoms with Gasteiger partial charge in [-0.1, -0.05) is 0 Å². The van der Waals surface area contributed by atoms with E-state index in [1.54, 1.807) is 0 Å². The van der Waals surface area contributed by atoms with Crippen LogP contribution in [0.4, 0.5) is 0 Å². The van der Waals surface area contributed by atoms with Crippen LogP contribution < -0.4 is 11.1 Å². The van der Waals surface area contributed by atoms with E-state index >= 15 is 0 Å². The average molecular weight is 270 g/mol. The molecule has 3 N–H and O–H groups in total. The van der Waals surface area contributed by atoms with Gasteiger partial charge in [-0.2, -0.15) is 0 Å². The molecule has 0 amide bonds. The van der Waals surface area contributed by atoms with Crippen LogP contribution in [0.2, 0.25) is 0 Å². The fourth-order valence-electron chi connectivity index (χ4n) is 1.01. The molecule has 0 aromatic rings. The van der Waals surface area contributed by atoms with E-state index in [2.05, 4.69) is 5.32 Å². The maximum atomic E-state index is 12.0. The first-order chi connectivity index (χ1) is 7.68. The number of nitrogens with one attached hydrogen (secondary N) is 1. The van der Waals surface area contributed by atoms with Crippen LogP contribution in [-0.4, -0.2) is 38.6 Å². The lowest BCUT2D eigenvalue weighted by molar-refractivity contribution is 0.237. The first kappa shape index (κ1) is 16.4. The van der Waals surface area contributed by atoms with Crippen molar-refractivity contribution in [2.75, 3.05) is 38.6 Å². The lowest BCUT2D eigenvalue weighted by Gasteiger charge is -2.15. The van der Waals surface area contributed by atoms with Gasteiger partial charge in [0.05, 0.1) is 13.2 Å². The van der Waals surface area contributed by atoms with Crippen molar-refractivity contribution in [2.24, 2.45) is 5.73 Å². The number of rotatable bonds is 11. The molecule has 0 heterocycles. The molecular weight excluding hydrogens is 247 g/mol. The van der Waals surface area contributed by atoms with Crippen molar-refractivity contribution in [1.82, 2.24) is 5.32 Å². The van der Waals surface area contributed by atoms with Crippen molar-refractivity contribution in [2.45, 2.75) is 20.3 Å². The van der Waals surface area contributed by atoms with Crippen LogP contribution in [-0.2, 0) is 13.6 Å². The molecule has 7 heteroatoms. The Kier molecular flexibility index (Phi) is 10.8. The summed E-state index contributed by atoms with van der Waals surface area (Å²) in [6.45, 7) is 3.89. The summed E-state index contributed by atoms with van der Waals surface area (Å²) in [6.07, 6.45) is 0.958. The molecular formula is C9H23N2O3PS. The Morgan fingerprint density at radius 3 is 2.38 bits per heavy atom. The largest absolute Gasteiger partial charge is 0.389 e. The van der Waals surface area contributed by atoms with Crippen LogP contribution in [0.25, 0.3) is 0 Å². The van der Waals surface area contributed by atoms with Gasteiger partial charge in [-0.25, -0.2) is 4.57 Å². The maximum absolute atomic E-state index is 12.0. The third kappa shape index (κ3) is 8.56. The van der Waals surface area contributed by atoms with Crippen LogP contribution in [0.5, 0.6) is 0 Å². The molecule has 0 atom stereocenters. The van der Waals surface area contributed by atoms with Gasteiger partial charge in [0.2, 0.25) is 0 Å². The first-order valence-electron chi connectivity index (χ1n) is 5.63. The summed E-state index contributed by atoms with van der Waals surface area (Å²) in [5, 5.41) is 3.21. The van der Waals surface area contributed by atoms with Crippen molar-refractivity contribution in [3.8, 4) is 0 Å². The van der Waals surface area contributed by atoms with Gasteiger partial charge in [-0.15, -0.1) is 0 Å². The highest BCUT2D eigenvalue weighted by Gasteiger charge is 2.23. The minimum absolute atomic E-state index is 0.408. The van der Waals surface area contributed by atoms with E-state index in [9.17, 15) is 4.57 Å². The number of hydrogen-bond acceptors (Lipinski definition) is 6. The van der Waals surface area contributed by atoms with Crippen molar-refractivity contribution in [3.05, 3.63) is 0 Å². The average Bonchev–Trinajstić information content (AvgIpc) is 2.24. The molecule has 0 unspecified atom stereocenters. The van der Waals surface area contributed by atoms with Gasteiger partial charge in [0.25, 0.3) is 0 Å². The van der Waals surface area contributed by atoms with E-state index in [4.69, 9.17) is 14.8 Å². The lowest BCUT2D eigenvalue weighted by Crippen LogP contribution is -2.20. The van der Waals surface area contributed by atoms with E-state index < -0.39 is 6.80 Å². The van der Waals surface area contributed by atoms with Crippen molar-refractivity contribution in [3.63, 3.8) is 0 Å². The van der Waals surface area contributed by atoms with Crippen molar-refractivity contribution >= 4 is 18.2 Å². The van der Waals surface area contributed by atoms with Gasteiger partial charge in [0.15, 0.2) is 0 Å². The Bertz CT molecular complexity index is 197. The Hall–Kier alpha value is 0.420. The first-order valence-corrected chi connectivity index (χ1v) is 8.76. The van der Waals surface area contributed by atoms with Crippen LogP contribution in [0.1, 0.15) is 20.3 Å². The summed E-state index contributed by atoms with van der Waals surface area (Å²) in [5.74, 6) is 0.710. The van der Waals surface area contributed by atoms with Gasteiger partial charge in [-0.3, -0.25) is 0 Å². The summed E-state index contributed by atoms with van der Waals surface area (Å²) >= 11 is 1.25.